The molecule has 0 aliphatic rings. The third-order valence-corrected chi connectivity index (χ3v) is 4.42. The summed E-state index contributed by atoms with van der Waals surface area (Å²) in [7, 11) is 0. The van der Waals surface area contributed by atoms with Gasteiger partial charge in [0.2, 0.25) is 0 Å². The van der Waals surface area contributed by atoms with Crippen molar-refractivity contribution in [1.82, 2.24) is 10.3 Å². The number of rotatable bonds is 5. The predicted octanol–water partition coefficient (Wildman–Crippen LogP) is 3.62. The van der Waals surface area contributed by atoms with Crippen molar-refractivity contribution in [3.05, 3.63) is 58.4 Å². The molecule has 4 nitrogen and oxygen atoms in total. The van der Waals surface area contributed by atoms with Crippen LogP contribution in [0.15, 0.2) is 48.0 Å². The molecule has 2 aromatic heterocycles. The number of thiophene rings is 1. The van der Waals surface area contributed by atoms with Gasteiger partial charge in [-0.05, 0) is 36.6 Å². The summed E-state index contributed by atoms with van der Waals surface area (Å²) in [6.07, 6.45) is 2.11. The lowest BCUT2D eigenvalue weighted by molar-refractivity contribution is 0.0920. The van der Waals surface area contributed by atoms with Crippen molar-refractivity contribution in [2.45, 2.75) is 19.4 Å². The molecule has 0 radical (unpaired) electrons. The molecule has 0 spiro atoms. The first-order chi connectivity index (χ1) is 10.6. The van der Waals surface area contributed by atoms with Crippen LogP contribution in [0.25, 0.3) is 10.9 Å². The molecule has 1 aromatic carbocycles. The largest absolute Gasteiger partial charge is 0.361 e. The SMILES string of the molecule is C[C@@H](CC(=O)c1cccs1)NC(=O)c1cccc2[nH]ccc12. The summed E-state index contributed by atoms with van der Waals surface area (Å²) in [5.41, 5.74) is 1.55. The highest BCUT2D eigenvalue weighted by Crippen LogP contribution is 2.18. The number of nitrogens with one attached hydrogen (secondary N) is 2. The van der Waals surface area contributed by atoms with Gasteiger partial charge >= 0.3 is 0 Å². The van der Waals surface area contributed by atoms with E-state index in [-0.39, 0.29) is 17.7 Å². The van der Waals surface area contributed by atoms with Crippen molar-refractivity contribution >= 4 is 33.9 Å². The zero-order valence-electron chi connectivity index (χ0n) is 12.1. The molecular weight excluding hydrogens is 296 g/mol. The number of ketones is 1. The average molecular weight is 312 g/mol. The number of amides is 1. The Morgan fingerprint density at radius 3 is 2.86 bits per heavy atom. The molecule has 0 saturated carbocycles. The number of fused-ring (bicyclic) bond motifs is 1. The Morgan fingerprint density at radius 2 is 2.09 bits per heavy atom. The number of benzene rings is 1. The van der Waals surface area contributed by atoms with E-state index in [0.29, 0.717) is 12.0 Å². The molecular formula is C17H16N2O2S. The molecule has 0 unspecified atom stereocenters. The minimum atomic E-state index is -0.212. The molecule has 0 aliphatic carbocycles. The van der Waals surface area contributed by atoms with Crippen molar-refractivity contribution in [2.24, 2.45) is 0 Å². The Kier molecular flexibility index (Phi) is 4.06. The minimum Gasteiger partial charge on any atom is -0.361 e. The number of aromatic nitrogens is 1. The van der Waals surface area contributed by atoms with Crippen molar-refractivity contribution in [3.8, 4) is 0 Å². The summed E-state index contributed by atoms with van der Waals surface area (Å²) in [6, 6.07) is 10.9. The summed E-state index contributed by atoms with van der Waals surface area (Å²) in [5.74, 6) is -0.0978. The predicted molar refractivity (Wildman–Crippen MR) is 88.5 cm³/mol. The lowest BCUT2D eigenvalue weighted by atomic mass is 10.1. The van der Waals surface area contributed by atoms with Crippen LogP contribution >= 0.6 is 11.3 Å². The summed E-state index contributed by atoms with van der Waals surface area (Å²) in [5, 5.41) is 5.67. The zero-order valence-corrected chi connectivity index (χ0v) is 12.9. The van der Waals surface area contributed by atoms with E-state index in [1.807, 2.05) is 48.8 Å². The topological polar surface area (TPSA) is 62.0 Å². The summed E-state index contributed by atoms with van der Waals surface area (Å²) >= 11 is 1.42. The van der Waals surface area contributed by atoms with Crippen molar-refractivity contribution in [1.29, 1.82) is 0 Å². The Balaban J connectivity index is 1.69. The number of H-pyrrole nitrogens is 1. The summed E-state index contributed by atoms with van der Waals surface area (Å²) in [6.45, 7) is 1.85. The lowest BCUT2D eigenvalue weighted by Crippen LogP contribution is -2.34. The molecule has 0 bridgehead atoms. The molecule has 0 saturated heterocycles. The van der Waals surface area contributed by atoms with Crippen LogP contribution in [0.3, 0.4) is 0 Å². The zero-order chi connectivity index (χ0) is 15.5. The first-order valence-electron chi connectivity index (χ1n) is 7.09. The van der Waals surface area contributed by atoms with E-state index >= 15 is 0 Å². The fourth-order valence-corrected chi connectivity index (χ4v) is 3.13. The number of Topliss-reactive ketones (excluding diaryl/α,β-unsaturated/α-hetero) is 1. The molecule has 2 heterocycles. The first kappa shape index (κ1) is 14.5. The highest BCUT2D eigenvalue weighted by molar-refractivity contribution is 7.12. The monoisotopic (exact) mass is 312 g/mol. The molecule has 3 aromatic rings. The van der Waals surface area contributed by atoms with E-state index in [4.69, 9.17) is 0 Å². The Labute approximate surface area is 132 Å². The average Bonchev–Trinajstić information content (AvgIpc) is 3.17. The second-order valence-corrected chi connectivity index (χ2v) is 6.17. The van der Waals surface area contributed by atoms with Gasteiger partial charge in [0.25, 0.3) is 5.91 Å². The van der Waals surface area contributed by atoms with Gasteiger partial charge in [0, 0.05) is 35.1 Å². The van der Waals surface area contributed by atoms with Gasteiger partial charge in [-0.25, -0.2) is 0 Å². The van der Waals surface area contributed by atoms with Gasteiger partial charge in [-0.15, -0.1) is 11.3 Å². The molecule has 22 heavy (non-hydrogen) atoms. The van der Waals surface area contributed by atoms with Gasteiger partial charge in [-0.2, -0.15) is 0 Å². The van der Waals surface area contributed by atoms with Crippen LogP contribution in [0, 0.1) is 0 Å². The second-order valence-electron chi connectivity index (χ2n) is 5.22. The minimum absolute atomic E-state index is 0.0580. The Morgan fingerprint density at radius 1 is 1.23 bits per heavy atom. The molecule has 0 fully saturated rings. The quantitative estimate of drug-likeness (QED) is 0.707. The van der Waals surface area contributed by atoms with Gasteiger partial charge in [-0.3, -0.25) is 9.59 Å². The third-order valence-electron chi connectivity index (χ3n) is 3.50. The van der Waals surface area contributed by atoms with Gasteiger partial charge < -0.3 is 10.3 Å². The maximum atomic E-state index is 12.4. The van der Waals surface area contributed by atoms with Gasteiger partial charge in [0.15, 0.2) is 5.78 Å². The maximum Gasteiger partial charge on any atom is 0.252 e. The molecule has 5 heteroatoms. The molecule has 1 atom stereocenters. The van der Waals surface area contributed by atoms with Gasteiger partial charge in [0.05, 0.1) is 4.88 Å². The Bertz CT molecular complexity index is 805. The first-order valence-corrected chi connectivity index (χ1v) is 7.97. The van der Waals surface area contributed by atoms with Crippen molar-refractivity contribution in [3.63, 3.8) is 0 Å². The standard InChI is InChI=1S/C17H16N2O2S/c1-11(10-15(20)16-6-3-9-22-16)19-17(21)13-4-2-5-14-12(13)7-8-18-14/h2-9,11,18H,10H2,1H3,(H,19,21)/t11-/m0/s1. The molecule has 1 amide bonds. The molecule has 2 N–H and O–H groups in total. The van der Waals surface area contributed by atoms with E-state index in [0.717, 1.165) is 15.8 Å². The number of carbonyl (C=O) groups excluding carboxylic acids is 2. The molecule has 0 aliphatic heterocycles. The van der Waals surface area contributed by atoms with Crippen molar-refractivity contribution < 1.29 is 9.59 Å². The van der Waals surface area contributed by atoms with Crippen LogP contribution < -0.4 is 5.32 Å². The number of carbonyl (C=O) groups is 2. The van der Waals surface area contributed by atoms with E-state index in [1.165, 1.54) is 11.3 Å². The van der Waals surface area contributed by atoms with E-state index in [2.05, 4.69) is 10.3 Å². The van der Waals surface area contributed by atoms with E-state index < -0.39 is 0 Å². The fourth-order valence-electron chi connectivity index (χ4n) is 2.45. The molecule has 3 rings (SSSR count). The van der Waals surface area contributed by atoms with Gasteiger partial charge in [0.1, 0.15) is 0 Å². The van der Waals surface area contributed by atoms with E-state index in [9.17, 15) is 9.59 Å². The summed E-state index contributed by atoms with van der Waals surface area (Å²) < 4.78 is 0. The van der Waals surface area contributed by atoms with Crippen LogP contribution in [-0.2, 0) is 0 Å². The van der Waals surface area contributed by atoms with Crippen LogP contribution in [-0.4, -0.2) is 22.7 Å². The van der Waals surface area contributed by atoms with Gasteiger partial charge in [-0.1, -0.05) is 12.1 Å². The Hall–Kier alpha value is -2.40. The van der Waals surface area contributed by atoms with Crippen LogP contribution in [0.4, 0.5) is 0 Å². The lowest BCUT2D eigenvalue weighted by Gasteiger charge is -2.13. The number of aromatic amines is 1. The third kappa shape index (κ3) is 2.94. The van der Waals surface area contributed by atoms with E-state index in [1.54, 1.807) is 6.07 Å². The highest BCUT2D eigenvalue weighted by Gasteiger charge is 2.16. The van der Waals surface area contributed by atoms with Crippen LogP contribution in [0.5, 0.6) is 0 Å². The number of hydrogen-bond donors (Lipinski definition) is 2. The molecule has 112 valence electrons. The number of hydrogen-bond acceptors (Lipinski definition) is 3. The van der Waals surface area contributed by atoms with Crippen molar-refractivity contribution in [2.75, 3.05) is 0 Å². The fraction of sp³-hybridized carbons (Fsp3) is 0.176. The maximum absolute atomic E-state index is 12.4. The van der Waals surface area contributed by atoms with Crippen LogP contribution in [0.2, 0.25) is 0 Å². The summed E-state index contributed by atoms with van der Waals surface area (Å²) in [4.78, 5) is 28.3. The smallest absolute Gasteiger partial charge is 0.252 e. The second kappa shape index (κ2) is 6.15. The highest BCUT2D eigenvalue weighted by atomic mass is 32.1. The normalized spacial score (nSPS) is 12.2. The van der Waals surface area contributed by atoms with Crippen LogP contribution in [0.1, 0.15) is 33.4 Å².